The van der Waals surface area contributed by atoms with Crippen LogP contribution in [0.4, 0.5) is 0 Å². The van der Waals surface area contributed by atoms with E-state index in [1.54, 1.807) is 0 Å². The molecule has 0 rings (SSSR count). The van der Waals surface area contributed by atoms with Crippen molar-refractivity contribution in [2.75, 3.05) is 0 Å². The predicted octanol–water partition coefficient (Wildman–Crippen LogP) is 9.46. The van der Waals surface area contributed by atoms with Crippen LogP contribution in [0, 0.1) is 0 Å². The third-order valence-corrected chi connectivity index (χ3v) is 7.97. The van der Waals surface area contributed by atoms with Crippen molar-refractivity contribution in [2.45, 2.75) is 219 Å². The first-order chi connectivity index (χ1) is 19.5. The van der Waals surface area contributed by atoms with Crippen molar-refractivity contribution in [1.29, 1.82) is 0 Å². The van der Waals surface area contributed by atoms with Gasteiger partial charge in [0, 0.05) is 11.9 Å². The minimum atomic E-state index is -0.903. The zero-order chi connectivity index (χ0) is 29.8. The van der Waals surface area contributed by atoms with Gasteiger partial charge in [-0.1, -0.05) is 194 Å². The van der Waals surface area contributed by atoms with E-state index in [2.05, 4.69) is 13.8 Å². The fourth-order valence-corrected chi connectivity index (χ4v) is 5.28. The van der Waals surface area contributed by atoms with Crippen molar-refractivity contribution in [1.82, 2.24) is 0 Å². The number of rotatable bonds is 32. The number of carboxylic acid groups (broad SMARTS) is 2. The van der Waals surface area contributed by atoms with Gasteiger partial charge in [-0.25, -0.2) is 0 Å². The molecule has 0 spiro atoms. The van der Waals surface area contributed by atoms with Crippen LogP contribution in [0.15, 0.2) is 0 Å². The molecule has 0 N–H and O–H groups in total. The van der Waals surface area contributed by atoms with Gasteiger partial charge in [-0.05, 0) is 25.7 Å². The number of carbonyl (C=O) groups is 2. The van der Waals surface area contributed by atoms with E-state index >= 15 is 0 Å². The molecule has 0 amide bonds. The third kappa shape index (κ3) is 54.3. The van der Waals surface area contributed by atoms with Crippen LogP contribution in [0.2, 0.25) is 0 Å². The summed E-state index contributed by atoms with van der Waals surface area (Å²) in [6.07, 6.45) is 39.7. The first-order valence-corrected chi connectivity index (χ1v) is 17.9. The van der Waals surface area contributed by atoms with Crippen LogP contribution in [-0.4, -0.2) is 98.6 Å². The van der Waals surface area contributed by atoms with Crippen molar-refractivity contribution < 1.29 is 22.7 Å². The minimum absolute atomic E-state index is 0. The molecule has 0 saturated heterocycles. The number of aliphatic carboxylic acids is 2. The molecule has 4 nitrogen and oxygen atoms in total. The maximum absolute atomic E-state index is 10.2. The van der Waals surface area contributed by atoms with Gasteiger partial charge in [0.2, 0.25) is 0 Å². The SMILES string of the molecule is CCCCCCCCCCCCCCCCCC(=O)[O-].CCCCCCCCCCCCCCCCCC(=O)[O-].[Ba+2].[Ca+2].[H-].[H-]. The van der Waals surface area contributed by atoms with Crippen LogP contribution in [0.25, 0.3) is 0 Å². The quantitative estimate of drug-likeness (QED) is 0.0508. The summed E-state index contributed by atoms with van der Waals surface area (Å²) in [7, 11) is 0. The van der Waals surface area contributed by atoms with Crippen molar-refractivity contribution >= 4 is 98.6 Å². The number of hydrogen-bond donors (Lipinski definition) is 0. The zero-order valence-corrected chi connectivity index (χ0v) is 35.3. The van der Waals surface area contributed by atoms with Gasteiger partial charge < -0.3 is 22.7 Å². The first kappa shape index (κ1) is 50.6. The molecule has 6 heteroatoms. The Kier molecular flexibility index (Phi) is 56.9. The molecule has 0 saturated carbocycles. The van der Waals surface area contributed by atoms with Gasteiger partial charge in [-0.15, -0.1) is 0 Å². The molecule has 42 heavy (non-hydrogen) atoms. The second kappa shape index (κ2) is 47.2. The number of carbonyl (C=O) groups excluding carboxylic acids is 2. The van der Waals surface area contributed by atoms with Crippen LogP contribution < -0.4 is 10.2 Å². The number of hydrogen-bond acceptors (Lipinski definition) is 4. The second-order valence-electron chi connectivity index (χ2n) is 12.1. The molecule has 0 aromatic rings. The molecular formula is C36H72BaCaO4. The molecular weight excluding hydrogens is 674 g/mol. The Labute approximate surface area is 336 Å². The molecule has 0 fully saturated rings. The van der Waals surface area contributed by atoms with Crippen LogP contribution in [0.3, 0.4) is 0 Å². The molecule has 244 valence electrons. The van der Waals surface area contributed by atoms with E-state index in [1.165, 1.54) is 167 Å². The summed E-state index contributed by atoms with van der Waals surface area (Å²) in [5, 5.41) is 20.4. The van der Waals surface area contributed by atoms with Gasteiger partial charge in [-0.3, -0.25) is 0 Å². The van der Waals surface area contributed by atoms with E-state index in [-0.39, 0.29) is 102 Å². The predicted molar refractivity (Wildman–Crippen MR) is 183 cm³/mol. The zero-order valence-electron chi connectivity index (χ0n) is 30.7. The second-order valence-corrected chi connectivity index (χ2v) is 12.1. The fraction of sp³-hybridized carbons (Fsp3) is 0.944. The van der Waals surface area contributed by atoms with E-state index < -0.39 is 11.9 Å². The molecule has 0 aliphatic carbocycles. The molecule has 0 atom stereocenters. The van der Waals surface area contributed by atoms with Crippen molar-refractivity contribution in [2.24, 2.45) is 0 Å². The summed E-state index contributed by atoms with van der Waals surface area (Å²) in [5.41, 5.74) is 0. The molecule has 0 aromatic carbocycles. The van der Waals surface area contributed by atoms with Crippen molar-refractivity contribution in [3.63, 3.8) is 0 Å². The molecule has 0 unspecified atom stereocenters. The molecule has 0 aliphatic rings. The van der Waals surface area contributed by atoms with E-state index in [1.807, 2.05) is 0 Å². The summed E-state index contributed by atoms with van der Waals surface area (Å²) >= 11 is 0. The van der Waals surface area contributed by atoms with Crippen molar-refractivity contribution in [3.8, 4) is 0 Å². The Balaban J connectivity index is -0.000000150. The normalized spacial score (nSPS) is 10.3. The Morgan fingerprint density at radius 2 is 0.500 bits per heavy atom. The monoisotopic (exact) mass is 746 g/mol. The fourth-order valence-electron chi connectivity index (χ4n) is 5.28. The summed E-state index contributed by atoms with van der Waals surface area (Å²) in [6, 6.07) is 0. The molecule has 0 aliphatic heterocycles. The molecule has 0 bridgehead atoms. The average Bonchev–Trinajstić information content (AvgIpc) is 2.93. The third-order valence-electron chi connectivity index (χ3n) is 7.97. The van der Waals surface area contributed by atoms with Crippen LogP contribution >= 0.6 is 0 Å². The maximum Gasteiger partial charge on any atom is 2.00 e. The number of unbranched alkanes of at least 4 members (excludes halogenated alkanes) is 28. The van der Waals surface area contributed by atoms with Crippen LogP contribution in [0.1, 0.15) is 222 Å². The Morgan fingerprint density at radius 1 is 0.357 bits per heavy atom. The standard InChI is InChI=1S/2C18H36O2.Ba.Ca.2H/c2*1-2-3-4-5-6-7-8-9-10-11-12-13-14-15-16-17-18(19)20;;;;/h2*2-17H2,1H3,(H,19,20);;;;/q;;2*+2;2*-1/p-2. The molecule has 0 heterocycles. The average molecular weight is 746 g/mol. The van der Waals surface area contributed by atoms with Gasteiger partial charge in [0.05, 0.1) is 0 Å². The topological polar surface area (TPSA) is 80.3 Å². The minimum Gasteiger partial charge on any atom is -1.00 e. The van der Waals surface area contributed by atoms with E-state index in [9.17, 15) is 19.8 Å². The van der Waals surface area contributed by atoms with Gasteiger partial charge >= 0.3 is 86.6 Å². The maximum atomic E-state index is 10.2. The summed E-state index contributed by atoms with van der Waals surface area (Å²) < 4.78 is 0. The van der Waals surface area contributed by atoms with E-state index in [0.29, 0.717) is 0 Å². The van der Waals surface area contributed by atoms with Crippen LogP contribution in [0.5, 0.6) is 0 Å². The Morgan fingerprint density at radius 3 is 0.643 bits per heavy atom. The largest absolute Gasteiger partial charge is 2.00 e. The summed E-state index contributed by atoms with van der Waals surface area (Å²) in [5.74, 6) is -1.81. The number of carboxylic acids is 2. The van der Waals surface area contributed by atoms with Crippen LogP contribution in [-0.2, 0) is 9.59 Å². The summed E-state index contributed by atoms with van der Waals surface area (Å²) in [4.78, 5) is 20.4. The van der Waals surface area contributed by atoms with E-state index in [0.717, 1.165) is 25.7 Å². The first-order valence-electron chi connectivity index (χ1n) is 17.9. The van der Waals surface area contributed by atoms with Gasteiger partial charge in [-0.2, -0.15) is 0 Å². The van der Waals surface area contributed by atoms with Gasteiger partial charge in [0.25, 0.3) is 0 Å². The van der Waals surface area contributed by atoms with E-state index in [4.69, 9.17) is 0 Å². The summed E-state index contributed by atoms with van der Waals surface area (Å²) in [6.45, 7) is 4.53. The van der Waals surface area contributed by atoms with Gasteiger partial charge in [0.1, 0.15) is 0 Å². The van der Waals surface area contributed by atoms with Gasteiger partial charge in [0.15, 0.2) is 0 Å². The smallest absolute Gasteiger partial charge is 1.00 e. The Hall–Kier alpha value is 1.77. The Bertz CT molecular complexity index is 473. The molecule has 0 radical (unpaired) electrons. The van der Waals surface area contributed by atoms with Crippen molar-refractivity contribution in [3.05, 3.63) is 0 Å². The molecule has 0 aromatic heterocycles.